The van der Waals surface area contributed by atoms with Crippen LogP contribution in [0.15, 0.2) is 48.8 Å². The Morgan fingerprint density at radius 1 is 1.11 bits per heavy atom. The molecule has 4 heterocycles. The topological polar surface area (TPSA) is 61.4 Å². The molecule has 4 aromatic rings. The standard InChI is InChI=1S/C20H15FN4O2/c21-15-4-1-13(2-5-15)20-19(17-12-27-8-7-25(17)23-20)14-3-6-18-22-9-16(11-26)24(18)10-14/h1-6,9-11H,7-8,12H2. The fraction of sp³-hybridized carbons (Fsp3) is 0.150. The first-order chi connectivity index (χ1) is 13.2. The Bertz CT molecular complexity index is 1160. The summed E-state index contributed by atoms with van der Waals surface area (Å²) in [5.74, 6) is -0.289. The molecule has 5 rings (SSSR count). The number of pyridine rings is 1. The highest BCUT2D eigenvalue weighted by molar-refractivity contribution is 5.83. The summed E-state index contributed by atoms with van der Waals surface area (Å²) in [5, 5.41) is 4.76. The summed E-state index contributed by atoms with van der Waals surface area (Å²) in [6.45, 7) is 1.72. The molecule has 6 nitrogen and oxygen atoms in total. The Hall–Kier alpha value is -3.32. The molecule has 1 aliphatic heterocycles. The molecule has 0 atom stereocenters. The highest BCUT2D eigenvalue weighted by atomic mass is 19.1. The molecule has 0 unspecified atom stereocenters. The monoisotopic (exact) mass is 362 g/mol. The number of hydrogen-bond acceptors (Lipinski definition) is 4. The van der Waals surface area contributed by atoms with Gasteiger partial charge in [-0.15, -0.1) is 0 Å². The molecule has 0 saturated carbocycles. The second-order valence-corrected chi connectivity index (χ2v) is 6.40. The number of ether oxygens (including phenoxy) is 1. The van der Waals surface area contributed by atoms with Crippen molar-refractivity contribution in [1.82, 2.24) is 19.2 Å². The maximum Gasteiger partial charge on any atom is 0.168 e. The predicted molar refractivity (Wildman–Crippen MR) is 96.9 cm³/mol. The number of benzene rings is 1. The van der Waals surface area contributed by atoms with Crippen LogP contribution in [0.5, 0.6) is 0 Å². The Balaban J connectivity index is 1.76. The first-order valence-corrected chi connectivity index (χ1v) is 8.60. The molecule has 134 valence electrons. The van der Waals surface area contributed by atoms with Gasteiger partial charge in [0.15, 0.2) is 6.29 Å². The van der Waals surface area contributed by atoms with E-state index < -0.39 is 0 Å². The van der Waals surface area contributed by atoms with Gasteiger partial charge in [0, 0.05) is 22.9 Å². The molecule has 0 saturated heterocycles. The lowest BCUT2D eigenvalue weighted by molar-refractivity contribution is 0.0805. The van der Waals surface area contributed by atoms with Crippen LogP contribution in [-0.4, -0.2) is 32.1 Å². The van der Waals surface area contributed by atoms with Crippen LogP contribution in [0.3, 0.4) is 0 Å². The fourth-order valence-electron chi connectivity index (χ4n) is 3.50. The number of nitrogens with zero attached hydrogens (tertiary/aromatic N) is 4. The first-order valence-electron chi connectivity index (χ1n) is 8.60. The highest BCUT2D eigenvalue weighted by Crippen LogP contribution is 2.36. The lowest BCUT2D eigenvalue weighted by Crippen LogP contribution is -2.17. The third-order valence-electron chi connectivity index (χ3n) is 4.81. The first kappa shape index (κ1) is 15.9. The minimum absolute atomic E-state index is 0.289. The minimum atomic E-state index is -0.289. The summed E-state index contributed by atoms with van der Waals surface area (Å²) in [5.41, 5.74) is 5.56. The molecule has 0 radical (unpaired) electrons. The Morgan fingerprint density at radius 2 is 1.93 bits per heavy atom. The number of carbonyl (C=O) groups is 1. The van der Waals surface area contributed by atoms with Gasteiger partial charge in [-0.25, -0.2) is 9.37 Å². The molecule has 1 aromatic carbocycles. The predicted octanol–water partition coefficient (Wildman–Crippen LogP) is 3.35. The molecule has 0 fully saturated rings. The van der Waals surface area contributed by atoms with E-state index in [0.717, 1.165) is 34.4 Å². The van der Waals surface area contributed by atoms with E-state index in [0.29, 0.717) is 31.1 Å². The third-order valence-corrected chi connectivity index (χ3v) is 4.81. The van der Waals surface area contributed by atoms with Crippen molar-refractivity contribution in [3.63, 3.8) is 0 Å². The molecule has 3 aromatic heterocycles. The van der Waals surface area contributed by atoms with Crippen molar-refractivity contribution in [2.24, 2.45) is 0 Å². The number of hydrogen-bond donors (Lipinski definition) is 0. The van der Waals surface area contributed by atoms with Gasteiger partial charge in [0.25, 0.3) is 0 Å². The van der Waals surface area contributed by atoms with Gasteiger partial charge in [0.1, 0.15) is 22.9 Å². The van der Waals surface area contributed by atoms with Crippen molar-refractivity contribution < 1.29 is 13.9 Å². The number of aldehydes is 1. The van der Waals surface area contributed by atoms with E-state index in [-0.39, 0.29) is 5.82 Å². The second-order valence-electron chi connectivity index (χ2n) is 6.40. The number of fused-ring (bicyclic) bond motifs is 2. The molecular formula is C20H15FN4O2. The maximum absolute atomic E-state index is 13.4. The van der Waals surface area contributed by atoms with Crippen LogP contribution < -0.4 is 0 Å². The Kier molecular flexibility index (Phi) is 3.61. The van der Waals surface area contributed by atoms with Crippen LogP contribution in [0, 0.1) is 5.82 Å². The fourth-order valence-corrected chi connectivity index (χ4v) is 3.50. The van der Waals surface area contributed by atoms with Gasteiger partial charge in [-0.3, -0.25) is 13.9 Å². The number of aromatic nitrogens is 4. The summed E-state index contributed by atoms with van der Waals surface area (Å²) < 4.78 is 22.7. The van der Waals surface area contributed by atoms with E-state index in [1.54, 1.807) is 22.7 Å². The quantitative estimate of drug-likeness (QED) is 0.525. The van der Waals surface area contributed by atoms with Gasteiger partial charge in [-0.05, 0) is 36.4 Å². The lowest BCUT2D eigenvalue weighted by atomic mass is 10.00. The van der Waals surface area contributed by atoms with Crippen molar-refractivity contribution in [2.45, 2.75) is 13.2 Å². The normalized spacial score (nSPS) is 13.7. The van der Waals surface area contributed by atoms with Gasteiger partial charge >= 0.3 is 0 Å². The van der Waals surface area contributed by atoms with E-state index in [2.05, 4.69) is 4.98 Å². The van der Waals surface area contributed by atoms with Crippen LogP contribution in [-0.2, 0) is 17.9 Å². The van der Waals surface area contributed by atoms with E-state index in [1.165, 1.54) is 12.1 Å². The molecule has 0 amide bonds. The smallest absolute Gasteiger partial charge is 0.168 e. The molecule has 7 heteroatoms. The minimum Gasteiger partial charge on any atom is -0.373 e. The van der Waals surface area contributed by atoms with Crippen LogP contribution in [0.2, 0.25) is 0 Å². The van der Waals surface area contributed by atoms with E-state index >= 15 is 0 Å². The largest absolute Gasteiger partial charge is 0.373 e. The Labute approximate surface area is 153 Å². The van der Waals surface area contributed by atoms with Crippen molar-refractivity contribution in [3.05, 3.63) is 66.0 Å². The SMILES string of the molecule is O=Cc1cnc2ccc(-c3c(-c4ccc(F)cc4)nn4c3COCC4)cn12. The highest BCUT2D eigenvalue weighted by Gasteiger charge is 2.23. The van der Waals surface area contributed by atoms with Crippen LogP contribution in [0.25, 0.3) is 28.0 Å². The van der Waals surface area contributed by atoms with Gasteiger partial charge in [0.05, 0.1) is 31.6 Å². The van der Waals surface area contributed by atoms with Gasteiger partial charge in [-0.2, -0.15) is 5.10 Å². The second kappa shape index (κ2) is 6.14. The average molecular weight is 362 g/mol. The van der Waals surface area contributed by atoms with Crippen LogP contribution >= 0.6 is 0 Å². The summed E-state index contributed by atoms with van der Waals surface area (Å²) in [7, 11) is 0. The Morgan fingerprint density at radius 3 is 2.74 bits per heavy atom. The molecule has 0 bridgehead atoms. The van der Waals surface area contributed by atoms with E-state index in [9.17, 15) is 9.18 Å². The number of rotatable bonds is 3. The van der Waals surface area contributed by atoms with E-state index in [4.69, 9.17) is 9.84 Å². The van der Waals surface area contributed by atoms with Crippen molar-refractivity contribution in [2.75, 3.05) is 6.61 Å². The molecule has 0 N–H and O–H groups in total. The third kappa shape index (κ3) is 2.55. The zero-order valence-corrected chi connectivity index (χ0v) is 14.3. The summed E-state index contributed by atoms with van der Waals surface area (Å²) >= 11 is 0. The number of carbonyl (C=O) groups excluding carboxylic acids is 1. The molecule has 1 aliphatic rings. The summed E-state index contributed by atoms with van der Waals surface area (Å²) in [4.78, 5) is 15.5. The van der Waals surface area contributed by atoms with Crippen molar-refractivity contribution >= 4 is 11.9 Å². The average Bonchev–Trinajstić information content (AvgIpc) is 3.29. The van der Waals surface area contributed by atoms with Crippen LogP contribution in [0.4, 0.5) is 4.39 Å². The zero-order valence-electron chi connectivity index (χ0n) is 14.3. The number of imidazole rings is 1. The van der Waals surface area contributed by atoms with Gasteiger partial charge in [0.2, 0.25) is 0 Å². The van der Waals surface area contributed by atoms with Crippen molar-refractivity contribution in [1.29, 1.82) is 0 Å². The molecule has 0 aliphatic carbocycles. The lowest BCUT2D eigenvalue weighted by Gasteiger charge is -2.15. The van der Waals surface area contributed by atoms with Crippen molar-refractivity contribution in [3.8, 4) is 22.4 Å². The summed E-state index contributed by atoms with van der Waals surface area (Å²) in [6.07, 6.45) is 4.20. The summed E-state index contributed by atoms with van der Waals surface area (Å²) in [6, 6.07) is 10.1. The van der Waals surface area contributed by atoms with E-state index in [1.807, 2.05) is 23.0 Å². The zero-order chi connectivity index (χ0) is 18.4. The molecular weight excluding hydrogens is 347 g/mol. The molecule has 27 heavy (non-hydrogen) atoms. The number of halogens is 1. The molecule has 0 spiro atoms. The van der Waals surface area contributed by atoms with Gasteiger partial charge < -0.3 is 4.74 Å². The maximum atomic E-state index is 13.4. The van der Waals surface area contributed by atoms with Gasteiger partial charge in [-0.1, -0.05) is 0 Å². The van der Waals surface area contributed by atoms with Crippen LogP contribution in [0.1, 0.15) is 16.2 Å².